The Hall–Kier alpha value is -1.65. The number of pyridine rings is 1. The van der Waals surface area contributed by atoms with Gasteiger partial charge in [-0.2, -0.15) is 0 Å². The monoisotopic (exact) mass is 261 g/mol. The molecule has 1 aliphatic rings. The second-order valence-corrected chi connectivity index (χ2v) is 4.73. The minimum absolute atomic E-state index is 0.134. The molecular formula is C13H12ClN3O. The van der Waals surface area contributed by atoms with Crippen molar-refractivity contribution in [3.8, 4) is 0 Å². The van der Waals surface area contributed by atoms with Gasteiger partial charge in [-0.05, 0) is 18.2 Å². The van der Waals surface area contributed by atoms with E-state index in [-0.39, 0.29) is 11.9 Å². The Morgan fingerprint density at radius 3 is 2.94 bits per heavy atom. The second kappa shape index (κ2) is 4.55. The predicted octanol–water partition coefficient (Wildman–Crippen LogP) is 1.59. The van der Waals surface area contributed by atoms with Crippen LogP contribution in [0.4, 0.5) is 0 Å². The maximum Gasteiger partial charge on any atom is 0.253 e. The van der Waals surface area contributed by atoms with E-state index in [0.717, 1.165) is 24.0 Å². The number of hydrogen-bond acceptors (Lipinski definition) is 3. The van der Waals surface area contributed by atoms with Gasteiger partial charge in [0.05, 0.1) is 22.1 Å². The summed E-state index contributed by atoms with van der Waals surface area (Å²) in [5.74, 6) is -0.134. The fourth-order valence-corrected chi connectivity index (χ4v) is 2.26. The van der Waals surface area contributed by atoms with Crippen molar-refractivity contribution in [1.82, 2.24) is 15.6 Å². The summed E-state index contributed by atoms with van der Waals surface area (Å²) in [5.41, 5.74) is 1.29. The molecule has 2 aromatic rings. The zero-order valence-corrected chi connectivity index (χ0v) is 10.4. The minimum atomic E-state index is -0.134. The Bertz CT molecular complexity index is 610. The third-order valence-electron chi connectivity index (χ3n) is 3.08. The summed E-state index contributed by atoms with van der Waals surface area (Å²) >= 11 is 6.14. The Morgan fingerprint density at radius 1 is 1.39 bits per heavy atom. The van der Waals surface area contributed by atoms with Crippen LogP contribution in [0, 0.1) is 0 Å². The van der Waals surface area contributed by atoms with Crippen LogP contribution in [0.15, 0.2) is 30.5 Å². The number of carbonyl (C=O) groups is 1. The molecule has 1 amide bonds. The Balaban J connectivity index is 2.03. The first kappa shape index (κ1) is 11.4. The smallest absolute Gasteiger partial charge is 0.253 e. The number of aromatic nitrogens is 1. The highest BCUT2D eigenvalue weighted by Gasteiger charge is 2.22. The van der Waals surface area contributed by atoms with Gasteiger partial charge in [0.15, 0.2) is 0 Å². The van der Waals surface area contributed by atoms with Crippen LogP contribution in [0.2, 0.25) is 5.02 Å². The van der Waals surface area contributed by atoms with Crippen LogP contribution in [0.5, 0.6) is 0 Å². The summed E-state index contributed by atoms with van der Waals surface area (Å²) in [6.07, 6.45) is 1.70. The number of halogens is 1. The van der Waals surface area contributed by atoms with Gasteiger partial charge in [0, 0.05) is 24.7 Å². The van der Waals surface area contributed by atoms with Crippen molar-refractivity contribution < 1.29 is 4.79 Å². The lowest BCUT2D eigenvalue weighted by Gasteiger charge is -2.28. The lowest BCUT2D eigenvalue weighted by atomic mass is 10.1. The largest absolute Gasteiger partial charge is 0.347 e. The minimum Gasteiger partial charge on any atom is -0.347 e. The standard InChI is InChI=1S/C13H12ClN3O/c14-10-3-4-11-9(2-1-5-16-11)12(10)13(18)17-8-6-15-7-8/h1-5,8,15H,6-7H2,(H,17,18). The quantitative estimate of drug-likeness (QED) is 0.863. The topological polar surface area (TPSA) is 54.0 Å². The molecule has 1 aliphatic heterocycles. The molecule has 0 spiro atoms. The number of fused-ring (bicyclic) bond motifs is 1. The van der Waals surface area contributed by atoms with Gasteiger partial charge in [0.2, 0.25) is 0 Å². The molecule has 0 radical (unpaired) electrons. The molecule has 1 aromatic carbocycles. The fourth-order valence-electron chi connectivity index (χ4n) is 2.00. The van der Waals surface area contributed by atoms with Crippen LogP contribution in [-0.2, 0) is 0 Å². The highest BCUT2D eigenvalue weighted by atomic mass is 35.5. The maximum absolute atomic E-state index is 12.2. The van der Waals surface area contributed by atoms with E-state index in [1.807, 2.05) is 12.1 Å². The van der Waals surface area contributed by atoms with E-state index in [1.165, 1.54) is 0 Å². The zero-order valence-electron chi connectivity index (χ0n) is 9.61. The molecule has 3 rings (SSSR count). The Morgan fingerprint density at radius 2 is 2.22 bits per heavy atom. The number of amides is 1. The molecule has 0 saturated carbocycles. The predicted molar refractivity (Wildman–Crippen MR) is 70.9 cm³/mol. The molecule has 1 aromatic heterocycles. The van der Waals surface area contributed by atoms with Crippen molar-refractivity contribution in [3.05, 3.63) is 41.0 Å². The molecule has 2 N–H and O–H groups in total. The Labute approximate surface area is 109 Å². The number of rotatable bonds is 2. The van der Waals surface area contributed by atoms with Crippen LogP contribution < -0.4 is 10.6 Å². The van der Waals surface area contributed by atoms with Crippen LogP contribution in [0.3, 0.4) is 0 Å². The highest BCUT2D eigenvalue weighted by Crippen LogP contribution is 2.24. The van der Waals surface area contributed by atoms with Gasteiger partial charge in [0.1, 0.15) is 0 Å². The molecular weight excluding hydrogens is 250 g/mol. The van der Waals surface area contributed by atoms with Crippen molar-refractivity contribution >= 4 is 28.4 Å². The normalized spacial score (nSPS) is 15.4. The molecule has 2 heterocycles. The average Bonchev–Trinajstić information content (AvgIpc) is 2.33. The fraction of sp³-hybridized carbons (Fsp3) is 0.231. The molecule has 1 fully saturated rings. The first-order valence-electron chi connectivity index (χ1n) is 5.80. The van der Waals surface area contributed by atoms with Gasteiger partial charge in [-0.25, -0.2) is 0 Å². The molecule has 18 heavy (non-hydrogen) atoms. The Kier molecular flexibility index (Phi) is 2.89. The van der Waals surface area contributed by atoms with E-state index < -0.39 is 0 Å². The SMILES string of the molecule is O=C(NC1CNC1)c1c(Cl)ccc2ncccc12. The van der Waals surface area contributed by atoms with E-state index in [4.69, 9.17) is 11.6 Å². The van der Waals surface area contributed by atoms with Crippen LogP contribution in [0.1, 0.15) is 10.4 Å². The molecule has 0 atom stereocenters. The van der Waals surface area contributed by atoms with E-state index >= 15 is 0 Å². The van der Waals surface area contributed by atoms with Gasteiger partial charge >= 0.3 is 0 Å². The lowest BCUT2D eigenvalue weighted by molar-refractivity contribution is 0.0926. The summed E-state index contributed by atoms with van der Waals surface area (Å²) < 4.78 is 0. The summed E-state index contributed by atoms with van der Waals surface area (Å²) in [4.78, 5) is 16.5. The van der Waals surface area contributed by atoms with Crippen molar-refractivity contribution in [3.63, 3.8) is 0 Å². The summed E-state index contributed by atoms with van der Waals surface area (Å²) in [7, 11) is 0. The third kappa shape index (κ3) is 1.94. The van der Waals surface area contributed by atoms with Crippen molar-refractivity contribution in [2.24, 2.45) is 0 Å². The average molecular weight is 262 g/mol. The number of nitrogens with one attached hydrogen (secondary N) is 2. The number of nitrogens with zero attached hydrogens (tertiary/aromatic N) is 1. The molecule has 4 nitrogen and oxygen atoms in total. The van der Waals surface area contributed by atoms with Crippen LogP contribution in [0.25, 0.3) is 10.9 Å². The third-order valence-corrected chi connectivity index (χ3v) is 3.39. The second-order valence-electron chi connectivity index (χ2n) is 4.32. The van der Waals surface area contributed by atoms with Crippen molar-refractivity contribution in [1.29, 1.82) is 0 Å². The number of hydrogen-bond donors (Lipinski definition) is 2. The summed E-state index contributed by atoms with van der Waals surface area (Å²) in [6.45, 7) is 1.62. The van der Waals surface area contributed by atoms with Gasteiger partial charge in [0.25, 0.3) is 5.91 Å². The zero-order chi connectivity index (χ0) is 12.5. The highest BCUT2D eigenvalue weighted by molar-refractivity contribution is 6.35. The maximum atomic E-state index is 12.2. The summed E-state index contributed by atoms with van der Waals surface area (Å²) in [6, 6.07) is 7.40. The van der Waals surface area contributed by atoms with Gasteiger partial charge < -0.3 is 10.6 Å². The molecule has 0 unspecified atom stereocenters. The van der Waals surface area contributed by atoms with E-state index in [2.05, 4.69) is 15.6 Å². The molecule has 1 saturated heterocycles. The van der Waals surface area contributed by atoms with Crippen LogP contribution in [-0.4, -0.2) is 30.0 Å². The summed E-state index contributed by atoms with van der Waals surface area (Å²) in [5, 5.41) is 7.31. The molecule has 0 bridgehead atoms. The van der Waals surface area contributed by atoms with Crippen molar-refractivity contribution in [2.75, 3.05) is 13.1 Å². The van der Waals surface area contributed by atoms with Crippen molar-refractivity contribution in [2.45, 2.75) is 6.04 Å². The number of carbonyl (C=O) groups excluding carboxylic acids is 1. The van der Waals surface area contributed by atoms with E-state index in [0.29, 0.717) is 10.6 Å². The first-order chi connectivity index (χ1) is 8.75. The molecule has 92 valence electrons. The lowest BCUT2D eigenvalue weighted by Crippen LogP contribution is -2.57. The number of benzene rings is 1. The molecule has 0 aliphatic carbocycles. The van der Waals surface area contributed by atoms with Crippen LogP contribution >= 0.6 is 11.6 Å². The van der Waals surface area contributed by atoms with E-state index in [1.54, 1.807) is 18.3 Å². The van der Waals surface area contributed by atoms with E-state index in [9.17, 15) is 4.79 Å². The molecule has 5 heteroatoms. The van der Waals surface area contributed by atoms with Gasteiger partial charge in [-0.3, -0.25) is 9.78 Å². The van der Waals surface area contributed by atoms with Gasteiger partial charge in [-0.15, -0.1) is 0 Å². The first-order valence-corrected chi connectivity index (χ1v) is 6.18. The van der Waals surface area contributed by atoms with Gasteiger partial charge in [-0.1, -0.05) is 17.7 Å².